The Kier molecular flexibility index (Phi) is 5.05. The highest BCUT2D eigenvalue weighted by molar-refractivity contribution is 6.25. The molecule has 5 heterocycles. The normalized spacial score (nSPS) is 12.4. The number of oxazole rings is 1. The van der Waals surface area contributed by atoms with Crippen molar-refractivity contribution in [1.29, 1.82) is 0 Å². The van der Waals surface area contributed by atoms with E-state index >= 15 is 8.78 Å². The lowest BCUT2D eigenvalue weighted by Crippen LogP contribution is -2.31. The topological polar surface area (TPSA) is 123 Å². The molecule has 7 rings (SSSR count). The molecule has 2 aromatic carbocycles. The number of halogens is 2. The van der Waals surface area contributed by atoms with Crippen LogP contribution in [0.5, 0.6) is 0 Å². The molecule has 0 fully saturated rings. The summed E-state index contributed by atoms with van der Waals surface area (Å²) in [4.78, 5) is 42.8. The van der Waals surface area contributed by atoms with E-state index in [9.17, 15) is 14.4 Å². The van der Waals surface area contributed by atoms with Crippen LogP contribution in [0.2, 0.25) is 0 Å². The third-order valence-electron chi connectivity index (χ3n) is 6.79. The number of nitrogens with zero attached hydrogens (tertiary/aromatic N) is 3. The predicted molar refractivity (Wildman–Crippen MR) is 144 cm³/mol. The van der Waals surface area contributed by atoms with Crippen molar-refractivity contribution in [2.24, 2.45) is 0 Å². The molecule has 0 radical (unpaired) electrons. The summed E-state index contributed by atoms with van der Waals surface area (Å²) in [5, 5.41) is 1.49. The first kappa shape index (κ1) is 24.8. The summed E-state index contributed by atoms with van der Waals surface area (Å²) in [6.07, 6.45) is 1.81. The van der Waals surface area contributed by atoms with Gasteiger partial charge in [0.2, 0.25) is 5.71 Å². The maximum absolute atomic E-state index is 15.5. The lowest BCUT2D eigenvalue weighted by atomic mass is 10.1. The van der Waals surface area contributed by atoms with Crippen LogP contribution in [0.4, 0.5) is 13.6 Å². The number of aromatic nitrogens is 3. The summed E-state index contributed by atoms with van der Waals surface area (Å²) in [7, 11) is 0. The summed E-state index contributed by atoms with van der Waals surface area (Å²) in [6.45, 7) is 4.58. The Bertz CT molecular complexity index is 2350. The highest BCUT2D eigenvalue weighted by Gasteiger charge is 2.27. The molecular formula is C29H19F2N3O7. The molecule has 7 aromatic rings. The zero-order valence-corrected chi connectivity index (χ0v) is 21.8. The molecule has 206 valence electrons. The number of fused-ring (bicyclic) bond motifs is 8. The summed E-state index contributed by atoms with van der Waals surface area (Å²) in [5.41, 5.74) is -1.41. The third kappa shape index (κ3) is 3.67. The van der Waals surface area contributed by atoms with Gasteiger partial charge in [0, 0.05) is 28.6 Å². The first-order valence-electron chi connectivity index (χ1n) is 12.5. The highest BCUT2D eigenvalue weighted by Crippen LogP contribution is 2.39. The quantitative estimate of drug-likeness (QED) is 0.251. The van der Waals surface area contributed by atoms with Crippen LogP contribution in [0.3, 0.4) is 0 Å². The number of carbonyl (C=O) groups is 1. The van der Waals surface area contributed by atoms with E-state index in [1.807, 2.05) is 0 Å². The van der Waals surface area contributed by atoms with Gasteiger partial charge in [0.1, 0.15) is 33.9 Å². The van der Waals surface area contributed by atoms with Crippen LogP contribution < -0.4 is 11.4 Å². The van der Waals surface area contributed by atoms with Crippen molar-refractivity contribution >= 4 is 61.1 Å². The summed E-state index contributed by atoms with van der Waals surface area (Å²) >= 11 is 0. The summed E-state index contributed by atoms with van der Waals surface area (Å²) in [5.74, 6) is -2.45. The molecule has 0 saturated heterocycles. The van der Waals surface area contributed by atoms with Crippen molar-refractivity contribution in [3.05, 3.63) is 87.0 Å². The standard InChI is InChI=1S/C29H19F2N3O7/c1-29(2,3)41-28(37)34-18-9-13(16(30)11-20(18)39-27(34)36)12-33-19-10-17(31)14-6-8-38-24(14)22(19)21-15-5-4-7-32-25(15)40-26(35)23(21)33/h4-11H,12H2,1-3H3. The van der Waals surface area contributed by atoms with E-state index in [4.69, 9.17) is 18.0 Å². The Hall–Kier alpha value is -5.26. The van der Waals surface area contributed by atoms with Gasteiger partial charge in [-0.05, 0) is 51.1 Å². The molecule has 41 heavy (non-hydrogen) atoms. The van der Waals surface area contributed by atoms with Crippen molar-refractivity contribution in [3.63, 3.8) is 0 Å². The Morgan fingerprint density at radius 3 is 2.59 bits per heavy atom. The first-order chi connectivity index (χ1) is 19.5. The van der Waals surface area contributed by atoms with Crippen LogP contribution >= 0.6 is 0 Å². The van der Waals surface area contributed by atoms with Gasteiger partial charge in [-0.1, -0.05) is 0 Å². The van der Waals surface area contributed by atoms with Crippen molar-refractivity contribution in [2.75, 3.05) is 0 Å². The average molecular weight is 559 g/mol. The number of pyridine rings is 1. The Balaban J connectivity index is 1.53. The SMILES string of the molecule is CC(C)(C)OC(=O)n1c(=O)oc2cc(F)c(Cn3c4cc(F)c5ccoc5c4c4c5cccnc5oc(=O)c43)cc21. The molecule has 0 aliphatic carbocycles. The lowest BCUT2D eigenvalue weighted by molar-refractivity contribution is 0.0532. The van der Waals surface area contributed by atoms with E-state index in [-0.39, 0.29) is 50.9 Å². The van der Waals surface area contributed by atoms with Gasteiger partial charge in [0.25, 0.3) is 0 Å². The van der Waals surface area contributed by atoms with E-state index in [1.165, 1.54) is 35.2 Å². The molecule has 0 aliphatic rings. The molecule has 0 saturated carbocycles. The summed E-state index contributed by atoms with van der Waals surface area (Å²) in [6, 6.07) is 8.29. The number of carbonyl (C=O) groups excluding carboxylic acids is 1. The number of ether oxygens (including phenoxy) is 1. The molecule has 12 heteroatoms. The van der Waals surface area contributed by atoms with E-state index in [0.717, 1.165) is 6.07 Å². The second-order valence-electron chi connectivity index (χ2n) is 10.6. The minimum Gasteiger partial charge on any atom is -0.463 e. The zero-order valence-electron chi connectivity index (χ0n) is 21.8. The maximum Gasteiger partial charge on any atom is 0.429 e. The second kappa shape index (κ2) is 8.37. The van der Waals surface area contributed by atoms with Crippen molar-refractivity contribution in [3.8, 4) is 0 Å². The van der Waals surface area contributed by atoms with Gasteiger partial charge in [-0.25, -0.2) is 28.1 Å². The fourth-order valence-corrected chi connectivity index (χ4v) is 5.20. The van der Waals surface area contributed by atoms with Gasteiger partial charge < -0.3 is 22.6 Å². The average Bonchev–Trinajstić information content (AvgIpc) is 3.58. The summed E-state index contributed by atoms with van der Waals surface area (Å²) < 4.78 is 54.3. The molecule has 0 aliphatic heterocycles. The van der Waals surface area contributed by atoms with Crippen LogP contribution in [-0.2, 0) is 11.3 Å². The minimum absolute atomic E-state index is 0.0277. The van der Waals surface area contributed by atoms with Gasteiger partial charge >= 0.3 is 17.5 Å². The number of rotatable bonds is 2. The van der Waals surface area contributed by atoms with Gasteiger partial charge in [-0.15, -0.1) is 0 Å². The second-order valence-corrected chi connectivity index (χ2v) is 10.6. The first-order valence-corrected chi connectivity index (χ1v) is 12.5. The Morgan fingerprint density at radius 1 is 1.00 bits per heavy atom. The Morgan fingerprint density at radius 2 is 1.80 bits per heavy atom. The van der Waals surface area contributed by atoms with E-state index in [0.29, 0.717) is 20.7 Å². The van der Waals surface area contributed by atoms with Crippen LogP contribution in [0, 0.1) is 11.6 Å². The largest absolute Gasteiger partial charge is 0.463 e. The third-order valence-corrected chi connectivity index (χ3v) is 6.79. The van der Waals surface area contributed by atoms with Gasteiger partial charge in [0.05, 0.1) is 29.1 Å². The molecule has 0 unspecified atom stereocenters. The molecule has 0 atom stereocenters. The molecule has 0 bridgehead atoms. The van der Waals surface area contributed by atoms with E-state index in [1.54, 1.807) is 32.9 Å². The monoisotopic (exact) mass is 559 g/mol. The number of hydrogen-bond donors (Lipinski definition) is 0. The zero-order chi connectivity index (χ0) is 28.8. The van der Waals surface area contributed by atoms with Crippen molar-refractivity contribution in [1.82, 2.24) is 14.1 Å². The van der Waals surface area contributed by atoms with Crippen molar-refractivity contribution in [2.45, 2.75) is 32.9 Å². The molecule has 0 amide bonds. The van der Waals surface area contributed by atoms with Crippen LogP contribution in [-0.4, -0.2) is 25.8 Å². The smallest absolute Gasteiger partial charge is 0.429 e. The van der Waals surface area contributed by atoms with Crippen molar-refractivity contribution < 1.29 is 31.6 Å². The fraction of sp³-hybridized carbons (Fsp3) is 0.172. The van der Waals surface area contributed by atoms with E-state index in [2.05, 4.69) is 4.98 Å². The minimum atomic E-state index is -1.05. The molecule has 0 N–H and O–H groups in total. The molecular weight excluding hydrogens is 540 g/mol. The van der Waals surface area contributed by atoms with Crippen LogP contribution in [0.1, 0.15) is 26.3 Å². The van der Waals surface area contributed by atoms with Crippen LogP contribution in [0.25, 0.3) is 55.0 Å². The maximum atomic E-state index is 15.5. The molecule has 5 aromatic heterocycles. The lowest BCUT2D eigenvalue weighted by Gasteiger charge is -2.19. The van der Waals surface area contributed by atoms with Gasteiger partial charge in [0.15, 0.2) is 5.58 Å². The predicted octanol–water partition coefficient (Wildman–Crippen LogP) is 6.06. The van der Waals surface area contributed by atoms with Gasteiger partial charge in [-0.2, -0.15) is 4.57 Å². The van der Waals surface area contributed by atoms with Gasteiger partial charge in [-0.3, -0.25) is 0 Å². The fourth-order valence-electron chi connectivity index (χ4n) is 5.20. The van der Waals surface area contributed by atoms with Crippen LogP contribution in [0.15, 0.2) is 71.7 Å². The molecule has 0 spiro atoms. The highest BCUT2D eigenvalue weighted by atomic mass is 19.1. The number of benzene rings is 2. The van der Waals surface area contributed by atoms with E-state index < -0.39 is 34.7 Å². The Labute approximate surface area is 226 Å². The number of furan rings is 1. The number of hydrogen-bond acceptors (Lipinski definition) is 8. The molecule has 10 nitrogen and oxygen atoms in total.